The summed E-state index contributed by atoms with van der Waals surface area (Å²) < 4.78 is 55.2. The Morgan fingerprint density at radius 2 is 1.82 bits per heavy atom. The normalized spacial score (nSPS) is 12.3. The van der Waals surface area contributed by atoms with Crippen LogP contribution < -0.4 is 5.32 Å². The number of aromatic nitrogens is 2. The van der Waals surface area contributed by atoms with E-state index in [0.29, 0.717) is 10.2 Å². The number of anilines is 1. The number of nitrogens with zero attached hydrogens (tertiary/aromatic N) is 2. The number of carbonyl (C=O) groups is 1. The van der Waals surface area contributed by atoms with E-state index >= 15 is 0 Å². The van der Waals surface area contributed by atoms with Crippen LogP contribution in [0.2, 0.25) is 0 Å². The molecule has 1 unspecified atom stereocenters. The molecule has 0 saturated heterocycles. The minimum absolute atomic E-state index is 0.0680. The molecule has 2 rings (SSSR count). The summed E-state index contributed by atoms with van der Waals surface area (Å²) in [5.41, 5.74) is -0.563. The fraction of sp³-hybridized carbons (Fsp3) is 0.231. The number of rotatable bonds is 3. The molecule has 0 aliphatic rings. The summed E-state index contributed by atoms with van der Waals surface area (Å²) in [6.45, 7) is 3.09. The highest BCUT2D eigenvalue weighted by Crippen LogP contribution is 2.25. The van der Waals surface area contributed by atoms with E-state index in [1.54, 1.807) is 6.92 Å². The smallest absolute Gasteiger partial charge is 0.249 e. The molecule has 0 fully saturated rings. The van der Waals surface area contributed by atoms with Crippen LogP contribution in [0.25, 0.3) is 0 Å². The number of hydrogen-bond donors (Lipinski definition) is 1. The lowest BCUT2D eigenvalue weighted by Gasteiger charge is -2.15. The molecule has 1 N–H and O–H groups in total. The van der Waals surface area contributed by atoms with Gasteiger partial charge >= 0.3 is 0 Å². The molecule has 1 atom stereocenters. The quantitative estimate of drug-likeness (QED) is 0.652. The van der Waals surface area contributed by atoms with E-state index in [0.717, 1.165) is 0 Å². The molecule has 0 spiro atoms. The minimum Gasteiger partial charge on any atom is -0.319 e. The summed E-state index contributed by atoms with van der Waals surface area (Å²) in [7, 11) is 0. The zero-order chi connectivity index (χ0) is 16.6. The predicted molar refractivity (Wildman–Crippen MR) is 74.3 cm³/mol. The fourth-order valence-corrected chi connectivity index (χ4v) is 2.09. The average molecular weight is 380 g/mol. The van der Waals surface area contributed by atoms with Crippen LogP contribution in [0.4, 0.5) is 23.2 Å². The maximum Gasteiger partial charge on any atom is 0.249 e. The van der Waals surface area contributed by atoms with Gasteiger partial charge in [0.15, 0.2) is 23.3 Å². The van der Waals surface area contributed by atoms with Crippen molar-refractivity contribution < 1.29 is 22.4 Å². The fourth-order valence-electron chi connectivity index (χ4n) is 1.81. The molecule has 118 valence electrons. The SMILES string of the molecule is Cc1c(Br)cnn1C(C)C(=O)Nc1c(F)c(F)cc(F)c1F. The first-order valence-electron chi connectivity index (χ1n) is 6.07. The number of carbonyl (C=O) groups excluding carboxylic acids is 1. The molecule has 0 saturated carbocycles. The maximum atomic E-state index is 13.5. The van der Waals surface area contributed by atoms with Crippen LogP contribution in [-0.4, -0.2) is 15.7 Å². The van der Waals surface area contributed by atoms with Crippen molar-refractivity contribution in [3.63, 3.8) is 0 Å². The molecule has 1 amide bonds. The van der Waals surface area contributed by atoms with Gasteiger partial charge in [0.05, 0.1) is 16.4 Å². The van der Waals surface area contributed by atoms with Gasteiger partial charge in [-0.1, -0.05) is 0 Å². The van der Waals surface area contributed by atoms with Gasteiger partial charge in [0.1, 0.15) is 11.7 Å². The van der Waals surface area contributed by atoms with Gasteiger partial charge in [0.2, 0.25) is 5.91 Å². The van der Waals surface area contributed by atoms with E-state index < -0.39 is 40.9 Å². The second-order valence-corrected chi connectivity index (χ2v) is 5.39. The molecule has 0 radical (unpaired) electrons. The van der Waals surface area contributed by atoms with Crippen molar-refractivity contribution >= 4 is 27.5 Å². The van der Waals surface area contributed by atoms with Gasteiger partial charge in [-0.15, -0.1) is 0 Å². The molecule has 22 heavy (non-hydrogen) atoms. The lowest BCUT2D eigenvalue weighted by atomic mass is 10.2. The van der Waals surface area contributed by atoms with Crippen LogP contribution in [0, 0.1) is 30.2 Å². The number of benzene rings is 1. The Hall–Kier alpha value is -1.90. The van der Waals surface area contributed by atoms with Crippen molar-refractivity contribution in [3.8, 4) is 0 Å². The summed E-state index contributed by atoms with van der Waals surface area (Å²) >= 11 is 3.21. The third kappa shape index (κ3) is 2.85. The molecule has 9 heteroatoms. The second kappa shape index (κ2) is 6.07. The van der Waals surface area contributed by atoms with Crippen LogP contribution >= 0.6 is 15.9 Å². The first kappa shape index (κ1) is 16.5. The monoisotopic (exact) mass is 379 g/mol. The van der Waals surface area contributed by atoms with E-state index in [2.05, 4.69) is 21.0 Å². The lowest BCUT2D eigenvalue weighted by Crippen LogP contribution is -2.26. The van der Waals surface area contributed by atoms with Crippen LogP contribution in [0.3, 0.4) is 0 Å². The van der Waals surface area contributed by atoms with Crippen molar-refractivity contribution in [1.82, 2.24) is 9.78 Å². The van der Waals surface area contributed by atoms with Crippen molar-refractivity contribution in [2.45, 2.75) is 19.9 Å². The predicted octanol–water partition coefficient (Wildman–Crippen LogP) is 3.71. The van der Waals surface area contributed by atoms with Gasteiger partial charge in [0.25, 0.3) is 0 Å². The standard InChI is InChI=1S/C13H10BrF4N3O/c1-5-7(14)4-19-21(5)6(2)13(22)20-12-10(17)8(15)3-9(16)11(12)18/h3-4,6H,1-2H3,(H,20,22). The van der Waals surface area contributed by atoms with Crippen LogP contribution in [0.1, 0.15) is 18.7 Å². The van der Waals surface area contributed by atoms with Crippen molar-refractivity contribution in [2.24, 2.45) is 0 Å². The molecule has 1 aromatic heterocycles. The van der Waals surface area contributed by atoms with E-state index in [1.807, 2.05) is 5.32 Å². The van der Waals surface area contributed by atoms with E-state index in [9.17, 15) is 22.4 Å². The Morgan fingerprint density at radius 1 is 1.27 bits per heavy atom. The van der Waals surface area contributed by atoms with Gasteiger partial charge in [-0.05, 0) is 29.8 Å². The number of amides is 1. The highest BCUT2D eigenvalue weighted by molar-refractivity contribution is 9.10. The van der Waals surface area contributed by atoms with Gasteiger partial charge in [-0.25, -0.2) is 17.6 Å². The molecular formula is C13H10BrF4N3O. The summed E-state index contributed by atoms with van der Waals surface area (Å²) in [6, 6.07) is -0.880. The second-order valence-electron chi connectivity index (χ2n) is 4.53. The third-order valence-corrected chi connectivity index (χ3v) is 3.87. The van der Waals surface area contributed by atoms with E-state index in [4.69, 9.17) is 0 Å². The van der Waals surface area contributed by atoms with Crippen LogP contribution in [0.15, 0.2) is 16.7 Å². The summed E-state index contributed by atoms with van der Waals surface area (Å²) in [5, 5.41) is 5.78. The summed E-state index contributed by atoms with van der Waals surface area (Å²) in [5.74, 6) is -7.41. The summed E-state index contributed by atoms with van der Waals surface area (Å²) in [4.78, 5) is 12.0. The van der Waals surface area contributed by atoms with E-state index in [1.165, 1.54) is 17.8 Å². The van der Waals surface area contributed by atoms with Gasteiger partial charge in [0, 0.05) is 6.07 Å². The van der Waals surface area contributed by atoms with Crippen molar-refractivity contribution in [3.05, 3.63) is 45.7 Å². The van der Waals surface area contributed by atoms with Crippen LogP contribution in [-0.2, 0) is 4.79 Å². The largest absolute Gasteiger partial charge is 0.319 e. The van der Waals surface area contributed by atoms with Crippen LogP contribution in [0.5, 0.6) is 0 Å². The average Bonchev–Trinajstić information content (AvgIpc) is 2.80. The molecular weight excluding hydrogens is 370 g/mol. The third-order valence-electron chi connectivity index (χ3n) is 3.09. The Balaban J connectivity index is 2.32. The van der Waals surface area contributed by atoms with Crippen molar-refractivity contribution in [1.29, 1.82) is 0 Å². The number of nitrogens with one attached hydrogen (secondary N) is 1. The van der Waals surface area contributed by atoms with Gasteiger partial charge in [-0.3, -0.25) is 9.48 Å². The maximum absolute atomic E-state index is 13.5. The molecule has 0 bridgehead atoms. The topological polar surface area (TPSA) is 46.9 Å². The lowest BCUT2D eigenvalue weighted by molar-refractivity contribution is -0.119. The van der Waals surface area contributed by atoms with Gasteiger partial charge in [-0.2, -0.15) is 5.10 Å². The molecule has 0 aliphatic heterocycles. The van der Waals surface area contributed by atoms with Gasteiger partial charge < -0.3 is 5.32 Å². The highest BCUT2D eigenvalue weighted by atomic mass is 79.9. The minimum atomic E-state index is -1.67. The Bertz CT molecular complexity index is 721. The Morgan fingerprint density at radius 3 is 2.27 bits per heavy atom. The highest BCUT2D eigenvalue weighted by Gasteiger charge is 2.24. The number of hydrogen-bond acceptors (Lipinski definition) is 2. The first-order valence-corrected chi connectivity index (χ1v) is 6.86. The molecule has 4 nitrogen and oxygen atoms in total. The molecule has 1 aromatic carbocycles. The first-order chi connectivity index (χ1) is 10.2. The molecule has 0 aliphatic carbocycles. The van der Waals surface area contributed by atoms with E-state index in [-0.39, 0.29) is 6.07 Å². The summed E-state index contributed by atoms with van der Waals surface area (Å²) in [6.07, 6.45) is 1.45. The zero-order valence-corrected chi connectivity index (χ0v) is 13.0. The Kier molecular flexibility index (Phi) is 4.55. The Labute approximate surface area is 131 Å². The zero-order valence-electron chi connectivity index (χ0n) is 11.4. The molecule has 1 heterocycles. The number of halogens is 5. The molecule has 2 aromatic rings. The van der Waals surface area contributed by atoms with Crippen molar-refractivity contribution in [2.75, 3.05) is 5.32 Å².